The molecule has 0 aliphatic carbocycles. The van der Waals surface area contributed by atoms with Crippen LogP contribution in [0.2, 0.25) is 0 Å². The van der Waals surface area contributed by atoms with Gasteiger partial charge < -0.3 is 11.1 Å². The first-order valence-electron chi connectivity index (χ1n) is 6.11. The Hall–Kier alpha value is -2.28. The molecule has 0 aliphatic heterocycles. The van der Waals surface area contributed by atoms with Gasteiger partial charge in [0.15, 0.2) is 11.6 Å². The lowest BCUT2D eigenvalue weighted by molar-refractivity contribution is 0.100. The number of nitrogens with two attached hydrogens (primary N) is 1. The molecule has 0 spiro atoms. The quantitative estimate of drug-likeness (QED) is 0.911. The molecule has 1 heterocycles. The van der Waals surface area contributed by atoms with Crippen molar-refractivity contribution in [3.05, 3.63) is 51.9 Å². The molecule has 0 saturated heterocycles. The number of thiophene rings is 1. The minimum atomic E-state index is -1.11. The van der Waals surface area contributed by atoms with Crippen LogP contribution in [0.4, 0.5) is 13.8 Å². The fraction of sp³-hybridized carbons (Fsp3) is 0.143. The molecular formula is C14H12F2N2O2S. The van der Waals surface area contributed by atoms with Gasteiger partial charge in [-0.1, -0.05) is 6.92 Å². The number of carbonyl (C=O) groups excluding carboxylic acids is 2. The molecule has 1 aromatic carbocycles. The van der Waals surface area contributed by atoms with Crippen LogP contribution in [0, 0.1) is 11.6 Å². The van der Waals surface area contributed by atoms with Crippen molar-refractivity contribution in [2.75, 3.05) is 5.32 Å². The summed E-state index contributed by atoms with van der Waals surface area (Å²) in [4.78, 5) is 24.2. The van der Waals surface area contributed by atoms with E-state index in [4.69, 9.17) is 5.73 Å². The van der Waals surface area contributed by atoms with Gasteiger partial charge in [0.25, 0.3) is 11.8 Å². The van der Waals surface area contributed by atoms with Gasteiger partial charge in [0.2, 0.25) is 0 Å². The maximum absolute atomic E-state index is 13.1. The first-order chi connectivity index (χ1) is 9.92. The SMILES string of the molecule is CCc1cc(C(N)=O)c(NC(=O)c2ccc(F)c(F)c2)s1. The average Bonchev–Trinajstić information content (AvgIpc) is 2.85. The van der Waals surface area contributed by atoms with Crippen LogP contribution in [0.1, 0.15) is 32.5 Å². The van der Waals surface area contributed by atoms with Crippen molar-refractivity contribution < 1.29 is 18.4 Å². The van der Waals surface area contributed by atoms with Crippen LogP contribution < -0.4 is 11.1 Å². The van der Waals surface area contributed by atoms with Crippen LogP contribution in [0.25, 0.3) is 0 Å². The van der Waals surface area contributed by atoms with Gasteiger partial charge in [-0.05, 0) is 30.7 Å². The van der Waals surface area contributed by atoms with Crippen LogP contribution in [0.5, 0.6) is 0 Å². The van der Waals surface area contributed by atoms with E-state index in [0.29, 0.717) is 11.4 Å². The molecule has 0 fully saturated rings. The average molecular weight is 310 g/mol. The molecule has 110 valence electrons. The zero-order valence-corrected chi connectivity index (χ0v) is 11.9. The van der Waals surface area contributed by atoms with Crippen molar-refractivity contribution in [3.8, 4) is 0 Å². The number of primary amides is 1. The Morgan fingerprint density at radius 1 is 1.24 bits per heavy atom. The smallest absolute Gasteiger partial charge is 0.256 e. The van der Waals surface area contributed by atoms with Gasteiger partial charge in [-0.25, -0.2) is 8.78 Å². The predicted molar refractivity (Wildman–Crippen MR) is 76.5 cm³/mol. The second kappa shape index (κ2) is 6.01. The van der Waals surface area contributed by atoms with Gasteiger partial charge in [0.05, 0.1) is 5.56 Å². The molecule has 4 nitrogen and oxygen atoms in total. The summed E-state index contributed by atoms with van der Waals surface area (Å²) in [5, 5.41) is 2.80. The number of benzene rings is 1. The summed E-state index contributed by atoms with van der Waals surface area (Å²) in [6.45, 7) is 1.90. The summed E-state index contributed by atoms with van der Waals surface area (Å²) in [6.07, 6.45) is 0.687. The fourth-order valence-electron chi connectivity index (χ4n) is 1.70. The van der Waals surface area contributed by atoms with Gasteiger partial charge in [-0.15, -0.1) is 11.3 Å². The zero-order valence-electron chi connectivity index (χ0n) is 11.1. The zero-order chi connectivity index (χ0) is 15.6. The van der Waals surface area contributed by atoms with E-state index in [-0.39, 0.29) is 11.1 Å². The fourth-order valence-corrected chi connectivity index (χ4v) is 2.70. The number of anilines is 1. The van der Waals surface area contributed by atoms with E-state index >= 15 is 0 Å². The van der Waals surface area contributed by atoms with E-state index < -0.39 is 23.4 Å². The summed E-state index contributed by atoms with van der Waals surface area (Å²) in [7, 11) is 0. The van der Waals surface area contributed by atoms with Gasteiger partial charge in [-0.2, -0.15) is 0 Å². The minimum absolute atomic E-state index is 0.0456. The monoisotopic (exact) mass is 310 g/mol. The summed E-state index contributed by atoms with van der Waals surface area (Å²) >= 11 is 1.22. The van der Waals surface area contributed by atoms with E-state index in [0.717, 1.165) is 23.1 Å². The highest BCUT2D eigenvalue weighted by molar-refractivity contribution is 7.16. The molecule has 0 saturated carbocycles. The molecule has 2 rings (SSSR count). The number of amides is 2. The first kappa shape index (κ1) is 15.1. The second-order valence-electron chi connectivity index (χ2n) is 4.26. The third-order valence-corrected chi connectivity index (χ3v) is 4.00. The van der Waals surface area contributed by atoms with Crippen molar-refractivity contribution in [1.82, 2.24) is 0 Å². The third-order valence-electron chi connectivity index (χ3n) is 2.81. The normalized spacial score (nSPS) is 10.4. The summed E-state index contributed by atoms with van der Waals surface area (Å²) in [6, 6.07) is 4.42. The Kier molecular flexibility index (Phi) is 4.32. The van der Waals surface area contributed by atoms with Gasteiger partial charge in [-0.3, -0.25) is 9.59 Å². The van der Waals surface area contributed by atoms with E-state index in [2.05, 4.69) is 5.32 Å². The Labute approximate surface area is 123 Å². The van der Waals surface area contributed by atoms with Crippen LogP contribution in [-0.4, -0.2) is 11.8 Å². The van der Waals surface area contributed by atoms with Crippen molar-refractivity contribution >= 4 is 28.2 Å². The number of nitrogens with one attached hydrogen (secondary N) is 1. The van der Waals surface area contributed by atoms with Crippen molar-refractivity contribution in [1.29, 1.82) is 0 Å². The number of carbonyl (C=O) groups is 2. The number of hydrogen-bond donors (Lipinski definition) is 2. The molecule has 0 unspecified atom stereocenters. The largest absolute Gasteiger partial charge is 0.366 e. The molecule has 0 radical (unpaired) electrons. The minimum Gasteiger partial charge on any atom is -0.366 e. The Balaban J connectivity index is 2.28. The lowest BCUT2D eigenvalue weighted by atomic mass is 10.2. The van der Waals surface area contributed by atoms with Crippen molar-refractivity contribution in [2.24, 2.45) is 5.73 Å². The summed E-state index contributed by atoms with van der Waals surface area (Å²) < 4.78 is 26.0. The van der Waals surface area contributed by atoms with Crippen molar-refractivity contribution in [3.63, 3.8) is 0 Å². The molecular weight excluding hydrogens is 298 g/mol. The number of hydrogen-bond acceptors (Lipinski definition) is 3. The molecule has 0 aliphatic rings. The van der Waals surface area contributed by atoms with Gasteiger partial charge in [0.1, 0.15) is 5.00 Å². The second-order valence-corrected chi connectivity index (χ2v) is 5.39. The van der Waals surface area contributed by atoms with Gasteiger partial charge >= 0.3 is 0 Å². The molecule has 3 N–H and O–H groups in total. The number of halogens is 2. The lowest BCUT2D eigenvalue weighted by Crippen LogP contribution is -2.16. The number of aryl methyl sites for hydroxylation is 1. The molecule has 2 aromatic rings. The van der Waals surface area contributed by atoms with E-state index in [1.165, 1.54) is 11.3 Å². The molecule has 0 bridgehead atoms. The molecule has 0 atom stereocenters. The topological polar surface area (TPSA) is 72.2 Å². The maximum Gasteiger partial charge on any atom is 0.256 e. The third kappa shape index (κ3) is 3.25. The molecule has 7 heteroatoms. The predicted octanol–water partition coefficient (Wildman–Crippen LogP) is 2.94. The summed E-state index contributed by atoms with van der Waals surface area (Å²) in [5.74, 6) is -3.44. The Morgan fingerprint density at radius 2 is 1.95 bits per heavy atom. The van der Waals surface area contributed by atoms with Crippen LogP contribution in [-0.2, 0) is 6.42 Å². The van der Waals surface area contributed by atoms with E-state index in [1.54, 1.807) is 6.07 Å². The first-order valence-corrected chi connectivity index (χ1v) is 6.93. The van der Waals surface area contributed by atoms with Crippen molar-refractivity contribution in [2.45, 2.75) is 13.3 Å². The van der Waals surface area contributed by atoms with E-state index in [9.17, 15) is 18.4 Å². The van der Waals surface area contributed by atoms with Gasteiger partial charge in [0, 0.05) is 10.4 Å². The van der Waals surface area contributed by atoms with E-state index in [1.807, 2.05) is 6.92 Å². The van der Waals surface area contributed by atoms with Crippen LogP contribution in [0.15, 0.2) is 24.3 Å². The standard InChI is InChI=1S/C14H12F2N2O2S/c1-2-8-6-9(12(17)19)14(21-8)18-13(20)7-3-4-10(15)11(16)5-7/h3-6H,2H2,1H3,(H2,17,19)(H,18,20). The highest BCUT2D eigenvalue weighted by Crippen LogP contribution is 2.28. The molecule has 21 heavy (non-hydrogen) atoms. The Bertz CT molecular complexity index is 713. The van der Waals surface area contributed by atoms with Crippen LogP contribution in [0.3, 0.4) is 0 Å². The Morgan fingerprint density at radius 3 is 2.52 bits per heavy atom. The highest BCUT2D eigenvalue weighted by Gasteiger charge is 2.17. The lowest BCUT2D eigenvalue weighted by Gasteiger charge is -2.05. The summed E-state index contributed by atoms with van der Waals surface area (Å²) in [5.41, 5.74) is 5.40. The maximum atomic E-state index is 13.1. The molecule has 1 aromatic heterocycles. The number of rotatable bonds is 4. The molecule has 2 amide bonds. The highest BCUT2D eigenvalue weighted by atomic mass is 32.1. The van der Waals surface area contributed by atoms with Crippen LogP contribution >= 0.6 is 11.3 Å².